The summed E-state index contributed by atoms with van der Waals surface area (Å²) in [5.74, 6) is 0.157. The SMILES string of the molecule is OCC(NCc1c(O)cccc1Cl)c1ccccc1. The molecule has 0 saturated heterocycles. The largest absolute Gasteiger partial charge is 0.508 e. The zero-order valence-electron chi connectivity index (χ0n) is 10.4. The number of rotatable bonds is 5. The molecule has 2 aromatic rings. The Hall–Kier alpha value is -1.55. The number of phenolic OH excluding ortho intramolecular Hbond substituents is 1. The first-order valence-electron chi connectivity index (χ1n) is 6.08. The number of hydrogen-bond donors (Lipinski definition) is 3. The van der Waals surface area contributed by atoms with E-state index in [2.05, 4.69) is 5.32 Å². The van der Waals surface area contributed by atoms with Gasteiger partial charge in [-0.15, -0.1) is 0 Å². The smallest absolute Gasteiger partial charge is 0.121 e. The van der Waals surface area contributed by atoms with Crippen molar-refractivity contribution in [1.82, 2.24) is 5.32 Å². The molecule has 19 heavy (non-hydrogen) atoms. The molecule has 3 nitrogen and oxygen atoms in total. The van der Waals surface area contributed by atoms with E-state index < -0.39 is 0 Å². The monoisotopic (exact) mass is 277 g/mol. The zero-order chi connectivity index (χ0) is 13.7. The van der Waals surface area contributed by atoms with Gasteiger partial charge in [0.05, 0.1) is 12.6 Å². The average molecular weight is 278 g/mol. The minimum absolute atomic E-state index is 0.0186. The van der Waals surface area contributed by atoms with Gasteiger partial charge in [-0.25, -0.2) is 0 Å². The van der Waals surface area contributed by atoms with E-state index in [1.807, 2.05) is 30.3 Å². The third-order valence-electron chi connectivity index (χ3n) is 3.00. The first-order chi connectivity index (χ1) is 9.22. The molecule has 1 atom stereocenters. The van der Waals surface area contributed by atoms with E-state index >= 15 is 0 Å². The fourth-order valence-electron chi connectivity index (χ4n) is 1.92. The van der Waals surface area contributed by atoms with Crippen LogP contribution in [0.4, 0.5) is 0 Å². The van der Waals surface area contributed by atoms with Crippen molar-refractivity contribution < 1.29 is 10.2 Å². The van der Waals surface area contributed by atoms with Crippen molar-refractivity contribution >= 4 is 11.6 Å². The number of aromatic hydroxyl groups is 1. The maximum absolute atomic E-state index is 9.76. The lowest BCUT2D eigenvalue weighted by Gasteiger charge is -2.17. The van der Waals surface area contributed by atoms with Crippen LogP contribution in [0, 0.1) is 0 Å². The summed E-state index contributed by atoms with van der Waals surface area (Å²) in [6.45, 7) is 0.376. The summed E-state index contributed by atoms with van der Waals surface area (Å²) in [5, 5.41) is 22.9. The Bertz CT molecular complexity index is 511. The molecule has 1 unspecified atom stereocenters. The van der Waals surface area contributed by atoms with E-state index in [1.54, 1.807) is 18.2 Å². The number of halogens is 1. The Balaban J connectivity index is 2.09. The van der Waals surface area contributed by atoms with Crippen molar-refractivity contribution in [2.75, 3.05) is 6.61 Å². The molecule has 0 aliphatic carbocycles. The highest BCUT2D eigenvalue weighted by atomic mass is 35.5. The summed E-state index contributed by atoms with van der Waals surface area (Å²) in [6.07, 6.45) is 0. The number of phenols is 1. The molecule has 0 spiro atoms. The summed E-state index contributed by atoms with van der Waals surface area (Å²) in [7, 11) is 0. The molecule has 100 valence electrons. The van der Waals surface area contributed by atoms with Gasteiger partial charge in [0.25, 0.3) is 0 Å². The predicted molar refractivity (Wildman–Crippen MR) is 76.2 cm³/mol. The van der Waals surface area contributed by atoms with E-state index in [1.165, 1.54) is 0 Å². The minimum Gasteiger partial charge on any atom is -0.508 e. The summed E-state index contributed by atoms with van der Waals surface area (Å²) in [4.78, 5) is 0. The number of benzene rings is 2. The van der Waals surface area contributed by atoms with Crippen molar-refractivity contribution in [3.8, 4) is 5.75 Å². The van der Waals surface area contributed by atoms with E-state index in [9.17, 15) is 10.2 Å². The predicted octanol–water partition coefficient (Wildman–Crippen LogP) is 2.87. The molecule has 0 fully saturated rings. The van der Waals surface area contributed by atoms with Gasteiger partial charge in [0.15, 0.2) is 0 Å². The van der Waals surface area contributed by atoms with E-state index in [0.717, 1.165) is 5.56 Å². The molecule has 0 heterocycles. The summed E-state index contributed by atoms with van der Waals surface area (Å²) in [6, 6.07) is 14.5. The van der Waals surface area contributed by atoms with Crippen molar-refractivity contribution in [2.45, 2.75) is 12.6 Å². The van der Waals surface area contributed by atoms with Crippen molar-refractivity contribution in [3.63, 3.8) is 0 Å². The van der Waals surface area contributed by atoms with Crippen LogP contribution < -0.4 is 5.32 Å². The Morgan fingerprint density at radius 2 is 1.79 bits per heavy atom. The van der Waals surface area contributed by atoms with Gasteiger partial charge in [0.1, 0.15) is 5.75 Å². The van der Waals surface area contributed by atoms with Crippen LogP contribution in [0.25, 0.3) is 0 Å². The van der Waals surface area contributed by atoms with Gasteiger partial charge in [0.2, 0.25) is 0 Å². The highest BCUT2D eigenvalue weighted by molar-refractivity contribution is 6.31. The van der Waals surface area contributed by atoms with Crippen LogP contribution in [0.15, 0.2) is 48.5 Å². The first-order valence-corrected chi connectivity index (χ1v) is 6.45. The van der Waals surface area contributed by atoms with Gasteiger partial charge in [-0.3, -0.25) is 0 Å². The lowest BCUT2D eigenvalue weighted by atomic mass is 10.1. The molecule has 0 aliphatic rings. The van der Waals surface area contributed by atoms with Gasteiger partial charge in [-0.1, -0.05) is 48.0 Å². The van der Waals surface area contributed by atoms with E-state index in [4.69, 9.17) is 11.6 Å². The van der Waals surface area contributed by atoms with Crippen molar-refractivity contribution in [2.24, 2.45) is 0 Å². The topological polar surface area (TPSA) is 52.5 Å². The van der Waals surface area contributed by atoms with Crippen LogP contribution in [-0.2, 0) is 6.54 Å². The zero-order valence-corrected chi connectivity index (χ0v) is 11.1. The van der Waals surface area contributed by atoms with E-state index in [0.29, 0.717) is 17.1 Å². The van der Waals surface area contributed by atoms with Gasteiger partial charge in [-0.2, -0.15) is 0 Å². The van der Waals surface area contributed by atoms with Crippen LogP contribution in [0.1, 0.15) is 17.2 Å². The van der Waals surface area contributed by atoms with Crippen molar-refractivity contribution in [3.05, 3.63) is 64.7 Å². The number of aliphatic hydroxyl groups is 1. The molecule has 0 saturated carbocycles. The average Bonchev–Trinajstić information content (AvgIpc) is 2.43. The van der Waals surface area contributed by atoms with Crippen LogP contribution in [0.3, 0.4) is 0 Å². The van der Waals surface area contributed by atoms with Crippen molar-refractivity contribution in [1.29, 1.82) is 0 Å². The van der Waals surface area contributed by atoms with Gasteiger partial charge < -0.3 is 15.5 Å². The molecular weight excluding hydrogens is 262 g/mol. The minimum atomic E-state index is -0.183. The Morgan fingerprint density at radius 1 is 1.05 bits per heavy atom. The standard InChI is InChI=1S/C15H16ClNO2/c16-13-7-4-8-15(19)12(13)9-17-14(10-18)11-5-2-1-3-6-11/h1-8,14,17-19H,9-10H2. The number of aliphatic hydroxyl groups excluding tert-OH is 1. The normalized spacial score (nSPS) is 12.3. The molecule has 3 N–H and O–H groups in total. The highest BCUT2D eigenvalue weighted by Gasteiger charge is 2.12. The lowest BCUT2D eigenvalue weighted by Crippen LogP contribution is -2.24. The third-order valence-corrected chi connectivity index (χ3v) is 3.36. The number of hydrogen-bond acceptors (Lipinski definition) is 3. The second kappa shape index (κ2) is 6.57. The molecule has 2 aromatic carbocycles. The first kappa shape index (κ1) is 13.9. The maximum atomic E-state index is 9.76. The fourth-order valence-corrected chi connectivity index (χ4v) is 2.16. The molecule has 0 amide bonds. The summed E-state index contributed by atoms with van der Waals surface area (Å²) < 4.78 is 0. The van der Waals surface area contributed by atoms with E-state index in [-0.39, 0.29) is 18.4 Å². The molecule has 0 bridgehead atoms. The summed E-state index contributed by atoms with van der Waals surface area (Å²) >= 11 is 6.04. The molecule has 0 radical (unpaired) electrons. The second-order valence-electron chi connectivity index (χ2n) is 4.26. The summed E-state index contributed by atoms with van der Waals surface area (Å²) in [5.41, 5.74) is 1.63. The van der Waals surface area contributed by atoms with Crippen LogP contribution in [-0.4, -0.2) is 16.8 Å². The molecule has 0 aromatic heterocycles. The Labute approximate surface area is 117 Å². The van der Waals surface area contributed by atoms with Gasteiger partial charge in [0, 0.05) is 17.1 Å². The van der Waals surface area contributed by atoms with Crippen LogP contribution >= 0.6 is 11.6 Å². The Kier molecular flexibility index (Phi) is 4.80. The molecular formula is C15H16ClNO2. The number of nitrogens with one attached hydrogen (secondary N) is 1. The molecule has 4 heteroatoms. The highest BCUT2D eigenvalue weighted by Crippen LogP contribution is 2.25. The fraction of sp³-hybridized carbons (Fsp3) is 0.200. The Morgan fingerprint density at radius 3 is 2.42 bits per heavy atom. The lowest BCUT2D eigenvalue weighted by molar-refractivity contribution is 0.243. The molecule has 0 aliphatic heterocycles. The maximum Gasteiger partial charge on any atom is 0.121 e. The van der Waals surface area contributed by atoms with Crippen LogP contribution in [0.5, 0.6) is 5.75 Å². The second-order valence-corrected chi connectivity index (χ2v) is 4.67. The third kappa shape index (κ3) is 3.47. The van der Waals surface area contributed by atoms with Gasteiger partial charge >= 0.3 is 0 Å². The molecule has 2 rings (SSSR count). The van der Waals surface area contributed by atoms with Crippen LogP contribution in [0.2, 0.25) is 5.02 Å². The van der Waals surface area contributed by atoms with Gasteiger partial charge in [-0.05, 0) is 17.7 Å². The quantitative estimate of drug-likeness (QED) is 0.788.